The molecule has 0 bridgehead atoms. The molecule has 0 aliphatic heterocycles. The number of aromatic nitrogens is 3. The van der Waals surface area contributed by atoms with E-state index in [2.05, 4.69) is 36.1 Å². The van der Waals surface area contributed by atoms with Crippen molar-refractivity contribution >= 4 is 21.8 Å². The van der Waals surface area contributed by atoms with E-state index in [1.54, 1.807) is 0 Å². The standard InChI is InChI=1S/C10H6BrF3N4O2/c11-6-4(7-8(9(15)19)17-18-16-7)2-1-3-5(6)20-10(12,13)14/h1-3H,(H2,15,19)(H,16,17,18). The summed E-state index contributed by atoms with van der Waals surface area (Å²) in [7, 11) is 0. The molecule has 0 radical (unpaired) electrons. The molecular formula is C10H6BrF3N4O2. The first-order chi connectivity index (χ1) is 9.29. The number of benzene rings is 1. The fourth-order valence-corrected chi connectivity index (χ4v) is 2.02. The summed E-state index contributed by atoms with van der Waals surface area (Å²) < 4.78 is 40.6. The van der Waals surface area contributed by atoms with E-state index in [4.69, 9.17) is 5.73 Å². The van der Waals surface area contributed by atoms with Gasteiger partial charge >= 0.3 is 6.36 Å². The van der Waals surface area contributed by atoms with Crippen molar-refractivity contribution < 1.29 is 22.7 Å². The summed E-state index contributed by atoms with van der Waals surface area (Å²) in [6.45, 7) is 0. The number of primary amides is 1. The van der Waals surface area contributed by atoms with Crippen molar-refractivity contribution in [1.82, 2.24) is 15.4 Å². The Morgan fingerprint density at radius 3 is 2.65 bits per heavy atom. The summed E-state index contributed by atoms with van der Waals surface area (Å²) in [4.78, 5) is 11.2. The maximum atomic E-state index is 12.3. The number of nitrogens with two attached hydrogens (primary N) is 1. The van der Waals surface area contributed by atoms with Crippen molar-refractivity contribution in [3.63, 3.8) is 0 Å². The van der Waals surface area contributed by atoms with Crippen molar-refractivity contribution in [1.29, 1.82) is 0 Å². The number of nitrogens with one attached hydrogen (secondary N) is 1. The fraction of sp³-hybridized carbons (Fsp3) is 0.100. The van der Waals surface area contributed by atoms with E-state index in [-0.39, 0.29) is 21.4 Å². The lowest BCUT2D eigenvalue weighted by Gasteiger charge is -2.12. The zero-order valence-electron chi connectivity index (χ0n) is 9.53. The van der Waals surface area contributed by atoms with Gasteiger partial charge < -0.3 is 10.5 Å². The Morgan fingerprint density at radius 2 is 2.05 bits per heavy atom. The molecule has 20 heavy (non-hydrogen) atoms. The van der Waals surface area contributed by atoms with Gasteiger partial charge in [-0.2, -0.15) is 15.4 Å². The molecule has 0 unspecified atom stereocenters. The first kappa shape index (κ1) is 14.3. The second kappa shape index (κ2) is 5.12. The van der Waals surface area contributed by atoms with Gasteiger partial charge in [-0.3, -0.25) is 4.79 Å². The summed E-state index contributed by atoms with van der Waals surface area (Å²) in [5, 5.41) is 9.43. The minimum atomic E-state index is -4.84. The molecule has 1 aromatic heterocycles. The Hall–Kier alpha value is -2.10. The van der Waals surface area contributed by atoms with Crippen molar-refractivity contribution in [2.45, 2.75) is 6.36 Å². The molecule has 2 aromatic rings. The molecule has 0 aliphatic rings. The highest BCUT2D eigenvalue weighted by Crippen LogP contribution is 2.37. The van der Waals surface area contributed by atoms with Crippen molar-refractivity contribution in [3.8, 4) is 17.0 Å². The Morgan fingerprint density at radius 1 is 1.35 bits per heavy atom. The molecule has 0 aliphatic carbocycles. The van der Waals surface area contributed by atoms with Crippen LogP contribution in [0, 0.1) is 0 Å². The summed E-state index contributed by atoms with van der Waals surface area (Å²) in [5.74, 6) is -1.32. The number of hydrogen-bond donors (Lipinski definition) is 2. The first-order valence-corrected chi connectivity index (χ1v) is 5.84. The lowest BCUT2D eigenvalue weighted by Crippen LogP contribution is -2.17. The number of rotatable bonds is 3. The number of carbonyl (C=O) groups excluding carboxylic acids is 1. The third-order valence-corrected chi connectivity index (χ3v) is 3.04. The lowest BCUT2D eigenvalue weighted by atomic mass is 10.1. The average Bonchev–Trinajstić information content (AvgIpc) is 2.79. The molecule has 0 fully saturated rings. The molecule has 0 atom stereocenters. The highest BCUT2D eigenvalue weighted by Gasteiger charge is 2.32. The van der Waals surface area contributed by atoms with Crippen LogP contribution in [0.25, 0.3) is 11.3 Å². The molecule has 2 rings (SSSR count). The summed E-state index contributed by atoms with van der Waals surface area (Å²) in [6.07, 6.45) is -4.84. The van der Waals surface area contributed by atoms with Gasteiger partial charge in [-0.05, 0) is 22.0 Å². The van der Waals surface area contributed by atoms with Gasteiger partial charge in [0.1, 0.15) is 11.4 Å². The number of alkyl halides is 3. The van der Waals surface area contributed by atoms with Crippen LogP contribution in [0.1, 0.15) is 10.5 Å². The van der Waals surface area contributed by atoms with Crippen LogP contribution in [0.5, 0.6) is 5.75 Å². The van der Waals surface area contributed by atoms with E-state index in [1.165, 1.54) is 12.1 Å². The SMILES string of the molecule is NC(=O)c1n[nH]nc1-c1cccc(OC(F)(F)F)c1Br. The van der Waals surface area contributed by atoms with Gasteiger partial charge in [0, 0.05) is 5.56 Å². The van der Waals surface area contributed by atoms with Crippen LogP contribution in [0.2, 0.25) is 0 Å². The maximum Gasteiger partial charge on any atom is 0.573 e. The second-order valence-corrected chi connectivity index (χ2v) is 4.34. The second-order valence-electron chi connectivity index (χ2n) is 3.55. The summed E-state index contributed by atoms with van der Waals surface area (Å²) >= 11 is 2.98. The van der Waals surface area contributed by atoms with Crippen molar-refractivity contribution in [2.75, 3.05) is 0 Å². The van der Waals surface area contributed by atoms with Crippen LogP contribution in [-0.2, 0) is 0 Å². The molecule has 0 spiro atoms. The number of aromatic amines is 1. The molecule has 3 N–H and O–H groups in total. The van der Waals surface area contributed by atoms with E-state index in [0.29, 0.717) is 0 Å². The van der Waals surface area contributed by atoms with Crippen LogP contribution >= 0.6 is 15.9 Å². The lowest BCUT2D eigenvalue weighted by molar-refractivity contribution is -0.274. The summed E-state index contributed by atoms with van der Waals surface area (Å²) in [5.41, 5.74) is 5.13. The van der Waals surface area contributed by atoms with Gasteiger partial charge in [0.15, 0.2) is 5.69 Å². The smallest absolute Gasteiger partial charge is 0.405 e. The Bertz CT molecular complexity index is 656. The number of hydrogen-bond acceptors (Lipinski definition) is 4. The summed E-state index contributed by atoms with van der Waals surface area (Å²) in [6, 6.07) is 3.88. The monoisotopic (exact) mass is 350 g/mol. The zero-order chi connectivity index (χ0) is 14.9. The number of H-pyrrole nitrogens is 1. The van der Waals surface area contributed by atoms with E-state index in [9.17, 15) is 18.0 Å². The number of halogens is 4. The van der Waals surface area contributed by atoms with E-state index in [0.717, 1.165) is 6.07 Å². The average molecular weight is 351 g/mol. The third kappa shape index (κ3) is 2.90. The van der Waals surface area contributed by atoms with Gasteiger partial charge in [-0.15, -0.1) is 13.2 Å². The fourth-order valence-electron chi connectivity index (χ4n) is 1.49. The van der Waals surface area contributed by atoms with Crippen molar-refractivity contribution in [2.24, 2.45) is 5.73 Å². The quantitative estimate of drug-likeness (QED) is 0.887. The van der Waals surface area contributed by atoms with Crippen LogP contribution in [0.15, 0.2) is 22.7 Å². The van der Waals surface area contributed by atoms with Crippen molar-refractivity contribution in [3.05, 3.63) is 28.4 Å². The Labute approximate surface area is 118 Å². The van der Waals surface area contributed by atoms with Gasteiger partial charge in [0.2, 0.25) is 0 Å². The molecule has 1 amide bonds. The van der Waals surface area contributed by atoms with Gasteiger partial charge in [0.25, 0.3) is 5.91 Å². The molecule has 106 valence electrons. The number of ether oxygens (including phenoxy) is 1. The third-order valence-electron chi connectivity index (χ3n) is 2.23. The van der Waals surface area contributed by atoms with E-state index < -0.39 is 18.0 Å². The molecule has 6 nitrogen and oxygen atoms in total. The highest BCUT2D eigenvalue weighted by atomic mass is 79.9. The first-order valence-electron chi connectivity index (χ1n) is 5.05. The van der Waals surface area contributed by atoms with Crippen LogP contribution in [0.4, 0.5) is 13.2 Å². The van der Waals surface area contributed by atoms with E-state index in [1.807, 2.05) is 0 Å². The normalized spacial score (nSPS) is 11.4. The zero-order valence-corrected chi connectivity index (χ0v) is 11.1. The molecule has 0 saturated heterocycles. The predicted octanol–water partition coefficient (Wildman–Crippen LogP) is 2.23. The van der Waals surface area contributed by atoms with Crippen LogP contribution in [-0.4, -0.2) is 27.7 Å². The number of carbonyl (C=O) groups is 1. The minimum Gasteiger partial charge on any atom is -0.405 e. The van der Waals surface area contributed by atoms with Crippen LogP contribution < -0.4 is 10.5 Å². The van der Waals surface area contributed by atoms with Gasteiger partial charge in [-0.1, -0.05) is 12.1 Å². The number of amides is 1. The molecular weight excluding hydrogens is 345 g/mol. The maximum absolute atomic E-state index is 12.3. The molecule has 1 heterocycles. The molecule has 1 aromatic carbocycles. The molecule has 0 saturated carbocycles. The number of nitrogens with zero attached hydrogens (tertiary/aromatic N) is 2. The van der Waals surface area contributed by atoms with Crippen LogP contribution in [0.3, 0.4) is 0 Å². The Balaban J connectivity index is 2.51. The highest BCUT2D eigenvalue weighted by molar-refractivity contribution is 9.10. The minimum absolute atomic E-state index is 0.0197. The largest absolute Gasteiger partial charge is 0.573 e. The molecule has 10 heteroatoms. The topological polar surface area (TPSA) is 93.9 Å². The van der Waals surface area contributed by atoms with Gasteiger partial charge in [0.05, 0.1) is 4.47 Å². The van der Waals surface area contributed by atoms with E-state index >= 15 is 0 Å². The van der Waals surface area contributed by atoms with Gasteiger partial charge in [-0.25, -0.2) is 0 Å². The Kier molecular flexibility index (Phi) is 3.66. The predicted molar refractivity (Wildman–Crippen MR) is 64.7 cm³/mol.